The van der Waals surface area contributed by atoms with Crippen LogP contribution in [-0.2, 0) is 30.4 Å². The second-order valence-corrected chi connectivity index (χ2v) is 6.87. The zero-order valence-corrected chi connectivity index (χ0v) is 14.5. The molecule has 25 heavy (non-hydrogen) atoms. The fourth-order valence-electron chi connectivity index (χ4n) is 3.44. The van der Waals surface area contributed by atoms with Gasteiger partial charge >= 0.3 is 11.9 Å². The predicted octanol–water partition coefficient (Wildman–Crippen LogP) is 3.61. The molecule has 136 valence electrons. The van der Waals surface area contributed by atoms with Gasteiger partial charge in [-0.15, -0.1) is 0 Å². The van der Waals surface area contributed by atoms with Gasteiger partial charge in [0, 0.05) is 6.42 Å². The van der Waals surface area contributed by atoms with E-state index in [0.717, 1.165) is 24.8 Å². The highest BCUT2D eigenvalue weighted by atomic mass is 16.7. The van der Waals surface area contributed by atoms with Crippen LogP contribution in [0.25, 0.3) is 0 Å². The van der Waals surface area contributed by atoms with Crippen molar-refractivity contribution in [3.63, 3.8) is 0 Å². The van der Waals surface area contributed by atoms with Crippen LogP contribution >= 0.6 is 0 Å². The summed E-state index contributed by atoms with van der Waals surface area (Å²) in [6.07, 6.45) is 5.19. The zero-order chi connectivity index (χ0) is 17.5. The largest absolute Gasteiger partial charge is 0.461 e. The molecule has 0 spiro atoms. The molecule has 3 rings (SSSR count). The second-order valence-electron chi connectivity index (χ2n) is 6.87. The monoisotopic (exact) mass is 346 g/mol. The first-order chi connectivity index (χ1) is 12.2. The maximum absolute atomic E-state index is 12.2. The third-order valence-electron chi connectivity index (χ3n) is 5.00. The fourth-order valence-corrected chi connectivity index (χ4v) is 3.44. The van der Waals surface area contributed by atoms with Crippen molar-refractivity contribution in [3.05, 3.63) is 35.9 Å². The van der Waals surface area contributed by atoms with E-state index in [1.807, 2.05) is 30.3 Å². The van der Waals surface area contributed by atoms with Crippen molar-refractivity contribution in [2.75, 3.05) is 6.61 Å². The second kappa shape index (κ2) is 8.99. The normalized spacial score (nSPS) is 26.6. The Kier molecular flexibility index (Phi) is 6.45. The van der Waals surface area contributed by atoms with Crippen LogP contribution in [-0.4, -0.2) is 24.8 Å². The van der Waals surface area contributed by atoms with E-state index in [4.69, 9.17) is 14.2 Å². The van der Waals surface area contributed by atoms with E-state index >= 15 is 0 Å². The molecule has 1 aliphatic carbocycles. The Morgan fingerprint density at radius 2 is 1.60 bits per heavy atom. The van der Waals surface area contributed by atoms with Gasteiger partial charge in [-0.05, 0) is 44.1 Å². The van der Waals surface area contributed by atoms with Crippen molar-refractivity contribution in [2.45, 2.75) is 57.8 Å². The molecule has 1 unspecified atom stereocenters. The van der Waals surface area contributed by atoms with Gasteiger partial charge in [0.2, 0.25) is 6.29 Å². The highest BCUT2D eigenvalue weighted by molar-refractivity contribution is 5.75. The summed E-state index contributed by atoms with van der Waals surface area (Å²) < 4.78 is 16.3. The van der Waals surface area contributed by atoms with Gasteiger partial charge in [-0.3, -0.25) is 9.59 Å². The Labute approximate surface area is 148 Å². The zero-order valence-electron chi connectivity index (χ0n) is 14.5. The number of esters is 2. The topological polar surface area (TPSA) is 61.8 Å². The van der Waals surface area contributed by atoms with E-state index in [1.165, 1.54) is 0 Å². The summed E-state index contributed by atoms with van der Waals surface area (Å²) in [4.78, 5) is 24.4. The molecule has 1 saturated heterocycles. The van der Waals surface area contributed by atoms with Crippen LogP contribution in [0.5, 0.6) is 0 Å². The SMILES string of the molecule is O=C(OCc1ccccc1)C1CCC(C(=O)OC2CCCCO2)CC1. The summed E-state index contributed by atoms with van der Waals surface area (Å²) in [6, 6.07) is 9.66. The van der Waals surface area contributed by atoms with Crippen LogP contribution < -0.4 is 0 Å². The number of carbonyl (C=O) groups excluding carboxylic acids is 2. The maximum atomic E-state index is 12.2. The number of rotatable bonds is 5. The van der Waals surface area contributed by atoms with Gasteiger partial charge in [0.05, 0.1) is 18.4 Å². The summed E-state index contributed by atoms with van der Waals surface area (Å²) in [5, 5.41) is 0. The van der Waals surface area contributed by atoms with Crippen molar-refractivity contribution in [1.82, 2.24) is 0 Å². The van der Waals surface area contributed by atoms with Gasteiger partial charge in [0.1, 0.15) is 6.61 Å². The van der Waals surface area contributed by atoms with E-state index < -0.39 is 0 Å². The van der Waals surface area contributed by atoms with Gasteiger partial charge < -0.3 is 14.2 Å². The first-order valence-electron chi connectivity index (χ1n) is 9.25. The molecule has 1 saturated carbocycles. The number of hydrogen-bond acceptors (Lipinski definition) is 5. The Balaban J connectivity index is 1.38. The van der Waals surface area contributed by atoms with Gasteiger partial charge in [-0.1, -0.05) is 30.3 Å². The predicted molar refractivity (Wildman–Crippen MR) is 91.4 cm³/mol. The van der Waals surface area contributed by atoms with E-state index in [1.54, 1.807) is 0 Å². The molecule has 1 aliphatic heterocycles. The average Bonchev–Trinajstić information content (AvgIpc) is 2.68. The first-order valence-corrected chi connectivity index (χ1v) is 9.25. The molecule has 0 N–H and O–H groups in total. The molecule has 1 aromatic rings. The van der Waals surface area contributed by atoms with Gasteiger partial charge in [0.15, 0.2) is 0 Å². The van der Waals surface area contributed by atoms with Crippen LogP contribution in [0.2, 0.25) is 0 Å². The molecule has 0 amide bonds. The Hall–Kier alpha value is -1.88. The minimum Gasteiger partial charge on any atom is -0.461 e. The fraction of sp³-hybridized carbons (Fsp3) is 0.600. The van der Waals surface area contributed by atoms with Gasteiger partial charge in [0.25, 0.3) is 0 Å². The van der Waals surface area contributed by atoms with E-state index in [9.17, 15) is 9.59 Å². The first kappa shape index (κ1) is 17.9. The molecule has 0 aromatic heterocycles. The molecule has 5 heteroatoms. The molecule has 2 aliphatic rings. The van der Waals surface area contributed by atoms with Crippen molar-refractivity contribution < 1.29 is 23.8 Å². The third kappa shape index (κ3) is 5.30. The van der Waals surface area contributed by atoms with Crippen LogP contribution in [0.4, 0.5) is 0 Å². The minimum atomic E-state index is -0.380. The maximum Gasteiger partial charge on any atom is 0.311 e. The summed E-state index contributed by atoms with van der Waals surface area (Å²) in [6.45, 7) is 0.971. The number of carbonyl (C=O) groups is 2. The molecular weight excluding hydrogens is 320 g/mol. The molecule has 1 aromatic carbocycles. The minimum absolute atomic E-state index is 0.112. The smallest absolute Gasteiger partial charge is 0.311 e. The Morgan fingerprint density at radius 1 is 0.920 bits per heavy atom. The Morgan fingerprint density at radius 3 is 2.24 bits per heavy atom. The lowest BCUT2D eigenvalue weighted by atomic mass is 9.82. The van der Waals surface area contributed by atoms with E-state index in [0.29, 0.717) is 38.9 Å². The van der Waals surface area contributed by atoms with Crippen LogP contribution in [0, 0.1) is 11.8 Å². The molecule has 1 atom stereocenters. The number of ether oxygens (including phenoxy) is 3. The van der Waals surface area contributed by atoms with Gasteiger partial charge in [-0.25, -0.2) is 0 Å². The van der Waals surface area contributed by atoms with Crippen molar-refractivity contribution in [3.8, 4) is 0 Å². The number of hydrogen-bond donors (Lipinski definition) is 0. The Bertz CT molecular complexity index is 557. The van der Waals surface area contributed by atoms with Crippen molar-refractivity contribution >= 4 is 11.9 Å². The van der Waals surface area contributed by atoms with Crippen LogP contribution in [0.3, 0.4) is 0 Å². The molecule has 5 nitrogen and oxygen atoms in total. The van der Waals surface area contributed by atoms with Gasteiger partial charge in [-0.2, -0.15) is 0 Å². The van der Waals surface area contributed by atoms with Crippen molar-refractivity contribution in [1.29, 1.82) is 0 Å². The molecular formula is C20H26O5. The summed E-state index contributed by atoms with van der Waals surface area (Å²) in [5.41, 5.74) is 0.987. The lowest BCUT2D eigenvalue weighted by Gasteiger charge is -2.28. The number of benzene rings is 1. The molecule has 1 heterocycles. The van der Waals surface area contributed by atoms with E-state index in [2.05, 4.69) is 0 Å². The average molecular weight is 346 g/mol. The summed E-state index contributed by atoms with van der Waals surface area (Å²) >= 11 is 0. The summed E-state index contributed by atoms with van der Waals surface area (Å²) in [7, 11) is 0. The lowest BCUT2D eigenvalue weighted by molar-refractivity contribution is -0.192. The third-order valence-corrected chi connectivity index (χ3v) is 5.00. The van der Waals surface area contributed by atoms with Crippen molar-refractivity contribution in [2.24, 2.45) is 11.8 Å². The quantitative estimate of drug-likeness (QED) is 0.762. The summed E-state index contributed by atoms with van der Waals surface area (Å²) in [5.74, 6) is -0.573. The van der Waals surface area contributed by atoms with Crippen LogP contribution in [0.15, 0.2) is 30.3 Å². The molecule has 2 fully saturated rings. The highest BCUT2D eigenvalue weighted by Gasteiger charge is 2.33. The van der Waals surface area contributed by atoms with E-state index in [-0.39, 0.29) is 30.1 Å². The standard InChI is InChI=1S/C20H26O5/c21-19(24-14-15-6-2-1-3-7-15)16-9-11-17(12-10-16)20(22)25-18-8-4-5-13-23-18/h1-3,6-7,16-18H,4-5,8-14H2. The van der Waals surface area contributed by atoms with Crippen LogP contribution in [0.1, 0.15) is 50.5 Å². The highest BCUT2D eigenvalue weighted by Crippen LogP contribution is 2.31. The lowest BCUT2D eigenvalue weighted by Crippen LogP contribution is -2.32. The molecule has 0 radical (unpaired) electrons. The molecule has 0 bridgehead atoms.